The molecular weight excluding hydrogens is 190 g/mol. The van der Waals surface area contributed by atoms with Crippen LogP contribution < -0.4 is 5.73 Å². The summed E-state index contributed by atoms with van der Waals surface area (Å²) in [5.41, 5.74) is 6.10. The van der Waals surface area contributed by atoms with E-state index in [9.17, 15) is 0 Å². The molecule has 0 aliphatic carbocycles. The van der Waals surface area contributed by atoms with E-state index >= 15 is 0 Å². The molecule has 2 atom stereocenters. The molecule has 1 rings (SSSR count). The van der Waals surface area contributed by atoms with Gasteiger partial charge < -0.3 is 14.9 Å². The standard InChI is InChI=1S/C12H21NO2/c1-4-5-9(2)12(13)11-7-6-10(15-11)8-14-3/h6-7,9,12H,4-5,8,13H2,1-3H3. The lowest BCUT2D eigenvalue weighted by atomic mass is 9.96. The van der Waals surface area contributed by atoms with Crippen molar-refractivity contribution in [2.75, 3.05) is 7.11 Å². The van der Waals surface area contributed by atoms with E-state index in [1.807, 2.05) is 12.1 Å². The normalized spacial score (nSPS) is 15.2. The number of rotatable bonds is 6. The van der Waals surface area contributed by atoms with Crippen molar-refractivity contribution in [2.45, 2.75) is 39.3 Å². The van der Waals surface area contributed by atoms with Crippen molar-refractivity contribution < 1.29 is 9.15 Å². The average Bonchev–Trinajstić information content (AvgIpc) is 2.66. The Morgan fingerprint density at radius 3 is 2.80 bits per heavy atom. The molecule has 0 aliphatic rings. The van der Waals surface area contributed by atoms with E-state index in [0.29, 0.717) is 12.5 Å². The van der Waals surface area contributed by atoms with Crippen molar-refractivity contribution in [3.63, 3.8) is 0 Å². The maximum absolute atomic E-state index is 6.10. The van der Waals surface area contributed by atoms with E-state index in [0.717, 1.165) is 24.4 Å². The van der Waals surface area contributed by atoms with Crippen molar-refractivity contribution in [1.29, 1.82) is 0 Å². The molecule has 86 valence electrons. The summed E-state index contributed by atoms with van der Waals surface area (Å²) in [6, 6.07) is 3.87. The van der Waals surface area contributed by atoms with Crippen LogP contribution in [0.25, 0.3) is 0 Å². The molecule has 3 nitrogen and oxygen atoms in total. The molecule has 0 radical (unpaired) electrons. The van der Waals surface area contributed by atoms with E-state index in [-0.39, 0.29) is 6.04 Å². The Morgan fingerprint density at radius 2 is 2.20 bits per heavy atom. The lowest BCUT2D eigenvalue weighted by Gasteiger charge is -2.16. The minimum atomic E-state index is -0.00411. The first-order valence-electron chi connectivity index (χ1n) is 5.52. The number of hydrogen-bond acceptors (Lipinski definition) is 3. The van der Waals surface area contributed by atoms with E-state index in [2.05, 4.69) is 13.8 Å². The van der Waals surface area contributed by atoms with Gasteiger partial charge in [-0.25, -0.2) is 0 Å². The number of ether oxygens (including phenoxy) is 1. The molecule has 2 N–H and O–H groups in total. The van der Waals surface area contributed by atoms with Crippen LogP contribution >= 0.6 is 0 Å². The van der Waals surface area contributed by atoms with Crippen LogP contribution in [0.1, 0.15) is 44.3 Å². The zero-order valence-electron chi connectivity index (χ0n) is 9.82. The van der Waals surface area contributed by atoms with E-state index < -0.39 is 0 Å². The van der Waals surface area contributed by atoms with Gasteiger partial charge in [0.05, 0.1) is 6.04 Å². The largest absolute Gasteiger partial charge is 0.462 e. The maximum atomic E-state index is 6.10. The quantitative estimate of drug-likeness (QED) is 0.787. The number of furan rings is 1. The highest BCUT2D eigenvalue weighted by Gasteiger charge is 2.17. The van der Waals surface area contributed by atoms with Gasteiger partial charge in [0.25, 0.3) is 0 Å². The molecule has 1 aromatic heterocycles. The summed E-state index contributed by atoms with van der Waals surface area (Å²) in [7, 11) is 1.65. The fourth-order valence-corrected chi connectivity index (χ4v) is 1.71. The van der Waals surface area contributed by atoms with Crippen molar-refractivity contribution in [3.8, 4) is 0 Å². The Labute approximate surface area is 91.6 Å². The molecule has 1 aromatic rings. The molecule has 0 spiro atoms. The molecule has 0 amide bonds. The average molecular weight is 211 g/mol. The highest BCUT2D eigenvalue weighted by atomic mass is 16.5. The summed E-state index contributed by atoms with van der Waals surface area (Å²) >= 11 is 0. The van der Waals surface area contributed by atoms with Gasteiger partial charge in [-0.1, -0.05) is 20.3 Å². The van der Waals surface area contributed by atoms with Gasteiger partial charge in [-0.2, -0.15) is 0 Å². The minimum Gasteiger partial charge on any atom is -0.462 e. The van der Waals surface area contributed by atoms with Crippen LogP contribution in [0.5, 0.6) is 0 Å². The van der Waals surface area contributed by atoms with Gasteiger partial charge in [0.2, 0.25) is 0 Å². The number of methoxy groups -OCH3 is 1. The Bertz CT molecular complexity index is 283. The van der Waals surface area contributed by atoms with Crippen LogP contribution in [0.4, 0.5) is 0 Å². The Morgan fingerprint density at radius 1 is 1.47 bits per heavy atom. The topological polar surface area (TPSA) is 48.4 Å². The summed E-state index contributed by atoms with van der Waals surface area (Å²) in [4.78, 5) is 0. The van der Waals surface area contributed by atoms with E-state index in [1.165, 1.54) is 0 Å². The van der Waals surface area contributed by atoms with Gasteiger partial charge in [-0.05, 0) is 24.5 Å². The van der Waals surface area contributed by atoms with Crippen LogP contribution in [0.3, 0.4) is 0 Å². The lowest BCUT2D eigenvalue weighted by Crippen LogP contribution is -2.18. The van der Waals surface area contributed by atoms with Crippen LogP contribution in [-0.2, 0) is 11.3 Å². The van der Waals surface area contributed by atoms with Crippen molar-refractivity contribution >= 4 is 0 Å². The maximum Gasteiger partial charge on any atom is 0.129 e. The second-order valence-corrected chi connectivity index (χ2v) is 4.03. The predicted octanol–water partition coefficient (Wildman–Crippen LogP) is 2.86. The van der Waals surface area contributed by atoms with Gasteiger partial charge in [-0.15, -0.1) is 0 Å². The van der Waals surface area contributed by atoms with Crippen LogP contribution in [0.2, 0.25) is 0 Å². The number of hydrogen-bond donors (Lipinski definition) is 1. The van der Waals surface area contributed by atoms with Crippen molar-refractivity contribution in [2.24, 2.45) is 11.7 Å². The van der Waals surface area contributed by atoms with E-state index in [4.69, 9.17) is 14.9 Å². The molecule has 0 saturated carbocycles. The smallest absolute Gasteiger partial charge is 0.129 e. The van der Waals surface area contributed by atoms with Gasteiger partial charge in [0.1, 0.15) is 18.1 Å². The predicted molar refractivity (Wildman–Crippen MR) is 60.4 cm³/mol. The summed E-state index contributed by atoms with van der Waals surface area (Å²) in [6.07, 6.45) is 2.28. The monoisotopic (exact) mass is 211 g/mol. The summed E-state index contributed by atoms with van der Waals surface area (Å²) in [5, 5.41) is 0. The second kappa shape index (κ2) is 5.93. The first-order chi connectivity index (χ1) is 7.19. The van der Waals surface area contributed by atoms with Gasteiger partial charge in [0.15, 0.2) is 0 Å². The molecule has 1 heterocycles. The molecule has 0 fully saturated rings. The molecule has 0 saturated heterocycles. The molecular formula is C12H21NO2. The highest BCUT2D eigenvalue weighted by molar-refractivity contribution is 5.10. The van der Waals surface area contributed by atoms with Crippen LogP contribution in [0.15, 0.2) is 16.5 Å². The van der Waals surface area contributed by atoms with E-state index in [1.54, 1.807) is 7.11 Å². The lowest BCUT2D eigenvalue weighted by molar-refractivity contribution is 0.161. The third kappa shape index (κ3) is 3.36. The number of nitrogens with two attached hydrogens (primary N) is 1. The zero-order valence-corrected chi connectivity index (χ0v) is 9.82. The fourth-order valence-electron chi connectivity index (χ4n) is 1.71. The second-order valence-electron chi connectivity index (χ2n) is 4.03. The Kier molecular flexibility index (Phi) is 4.85. The summed E-state index contributed by atoms with van der Waals surface area (Å²) in [5.74, 6) is 2.16. The van der Waals surface area contributed by atoms with Crippen molar-refractivity contribution in [3.05, 3.63) is 23.7 Å². The molecule has 3 heteroatoms. The Balaban J connectivity index is 2.60. The van der Waals surface area contributed by atoms with Crippen LogP contribution in [0, 0.1) is 5.92 Å². The SMILES string of the molecule is CCCC(C)C(N)c1ccc(COC)o1. The summed E-state index contributed by atoms with van der Waals surface area (Å²) in [6.45, 7) is 4.84. The third-order valence-corrected chi connectivity index (χ3v) is 2.65. The zero-order chi connectivity index (χ0) is 11.3. The highest BCUT2D eigenvalue weighted by Crippen LogP contribution is 2.24. The van der Waals surface area contributed by atoms with Crippen molar-refractivity contribution in [1.82, 2.24) is 0 Å². The molecule has 0 aromatic carbocycles. The fraction of sp³-hybridized carbons (Fsp3) is 0.667. The first-order valence-corrected chi connectivity index (χ1v) is 5.52. The molecule has 0 bridgehead atoms. The third-order valence-electron chi connectivity index (χ3n) is 2.65. The van der Waals surface area contributed by atoms with Gasteiger partial charge in [0, 0.05) is 7.11 Å². The van der Waals surface area contributed by atoms with Crippen LogP contribution in [-0.4, -0.2) is 7.11 Å². The van der Waals surface area contributed by atoms with Gasteiger partial charge in [-0.3, -0.25) is 0 Å². The van der Waals surface area contributed by atoms with Gasteiger partial charge >= 0.3 is 0 Å². The first kappa shape index (κ1) is 12.3. The summed E-state index contributed by atoms with van der Waals surface area (Å²) < 4.78 is 10.6. The minimum absolute atomic E-state index is 0.00411. The Hall–Kier alpha value is -0.800. The molecule has 0 aliphatic heterocycles. The molecule has 2 unspecified atom stereocenters. The molecule has 15 heavy (non-hydrogen) atoms.